The van der Waals surface area contributed by atoms with Crippen LogP contribution in [0.4, 0.5) is 17.6 Å². The van der Waals surface area contributed by atoms with Gasteiger partial charge >= 0.3 is 6.18 Å². The van der Waals surface area contributed by atoms with Gasteiger partial charge in [0.1, 0.15) is 5.69 Å². The van der Waals surface area contributed by atoms with Crippen molar-refractivity contribution in [3.8, 4) is 5.75 Å². The van der Waals surface area contributed by atoms with E-state index in [0.717, 1.165) is 24.3 Å². The first-order valence-electron chi connectivity index (χ1n) is 12.1. The van der Waals surface area contributed by atoms with Gasteiger partial charge in [0.25, 0.3) is 11.5 Å². The standard InChI is InChI=1S/C28H26F4N4O4/c1-39-17-23-21(27(38)33-13-20-22(28(30,31)32)10-11-24(40-2)26(20)29)16-36(34-23)15-19-8-6-18(7-9-19)14-35-12-4-3-5-25(35)37/h3-12,16H,13-15,17H2,1-2H3,(H,33,38). The highest BCUT2D eigenvalue weighted by Crippen LogP contribution is 2.36. The van der Waals surface area contributed by atoms with Crippen molar-refractivity contribution in [3.63, 3.8) is 0 Å². The van der Waals surface area contributed by atoms with Gasteiger partial charge in [0.15, 0.2) is 11.6 Å². The largest absolute Gasteiger partial charge is 0.494 e. The Bertz CT molecular complexity index is 1550. The molecule has 0 fully saturated rings. The molecule has 0 saturated carbocycles. The molecule has 2 heterocycles. The number of amides is 1. The SMILES string of the molecule is COCc1nn(Cc2ccc(Cn3ccccc3=O)cc2)cc1C(=O)NCc1c(C(F)(F)F)ccc(OC)c1F. The second-order valence-electron chi connectivity index (χ2n) is 8.89. The van der Waals surface area contributed by atoms with Gasteiger partial charge in [-0.25, -0.2) is 4.39 Å². The Morgan fingerprint density at radius 2 is 1.70 bits per heavy atom. The molecule has 0 aliphatic carbocycles. The van der Waals surface area contributed by atoms with E-state index in [2.05, 4.69) is 10.4 Å². The number of methoxy groups -OCH3 is 2. The monoisotopic (exact) mass is 558 g/mol. The van der Waals surface area contributed by atoms with E-state index in [1.807, 2.05) is 24.3 Å². The molecule has 4 aromatic rings. The Morgan fingerprint density at radius 3 is 2.33 bits per heavy atom. The van der Waals surface area contributed by atoms with E-state index in [1.165, 1.54) is 24.1 Å². The van der Waals surface area contributed by atoms with Crippen LogP contribution in [0.1, 0.15) is 38.3 Å². The highest BCUT2D eigenvalue weighted by atomic mass is 19.4. The third-order valence-electron chi connectivity index (χ3n) is 6.14. The van der Waals surface area contributed by atoms with Crippen LogP contribution >= 0.6 is 0 Å². The van der Waals surface area contributed by atoms with Gasteiger partial charge in [0.2, 0.25) is 0 Å². The van der Waals surface area contributed by atoms with Gasteiger partial charge in [-0.05, 0) is 29.3 Å². The maximum atomic E-state index is 14.7. The molecule has 1 N–H and O–H groups in total. The van der Waals surface area contributed by atoms with Crippen LogP contribution in [-0.2, 0) is 37.2 Å². The van der Waals surface area contributed by atoms with Crippen LogP contribution in [0.5, 0.6) is 5.75 Å². The average Bonchev–Trinajstić information content (AvgIpc) is 3.31. The first-order valence-corrected chi connectivity index (χ1v) is 12.1. The minimum Gasteiger partial charge on any atom is -0.494 e. The molecule has 0 spiro atoms. The first kappa shape index (κ1) is 28.6. The number of nitrogens with one attached hydrogen (secondary N) is 1. The van der Waals surface area contributed by atoms with E-state index in [-0.39, 0.29) is 35.7 Å². The molecule has 210 valence electrons. The average molecular weight is 559 g/mol. The molecule has 0 unspecified atom stereocenters. The Hall–Kier alpha value is -4.45. The van der Waals surface area contributed by atoms with Gasteiger partial charge in [-0.2, -0.15) is 18.3 Å². The Kier molecular flexibility index (Phi) is 8.68. The summed E-state index contributed by atoms with van der Waals surface area (Å²) in [5.74, 6) is -2.31. The number of pyridine rings is 1. The van der Waals surface area contributed by atoms with E-state index >= 15 is 0 Å². The molecule has 0 aliphatic rings. The number of halogens is 4. The summed E-state index contributed by atoms with van der Waals surface area (Å²) in [6.45, 7) is -0.0472. The van der Waals surface area contributed by atoms with E-state index < -0.39 is 35.6 Å². The van der Waals surface area contributed by atoms with Gasteiger partial charge in [-0.15, -0.1) is 0 Å². The highest BCUT2D eigenvalue weighted by Gasteiger charge is 2.35. The van der Waals surface area contributed by atoms with Gasteiger partial charge in [-0.1, -0.05) is 30.3 Å². The quantitative estimate of drug-likeness (QED) is 0.292. The molecule has 1 amide bonds. The van der Waals surface area contributed by atoms with Crippen LogP contribution in [0.15, 0.2) is 71.8 Å². The smallest absolute Gasteiger partial charge is 0.416 e. The fraction of sp³-hybridized carbons (Fsp3) is 0.250. The third-order valence-corrected chi connectivity index (χ3v) is 6.14. The van der Waals surface area contributed by atoms with Crippen molar-refractivity contribution in [3.05, 3.63) is 117 Å². The molecule has 8 nitrogen and oxygen atoms in total. The molecule has 0 aliphatic heterocycles. The number of nitrogens with zero attached hydrogens (tertiary/aromatic N) is 3. The summed E-state index contributed by atoms with van der Waals surface area (Å²) in [5, 5.41) is 6.75. The zero-order valence-corrected chi connectivity index (χ0v) is 21.7. The third kappa shape index (κ3) is 6.57. The molecule has 0 bridgehead atoms. The van der Waals surface area contributed by atoms with Crippen LogP contribution in [0.2, 0.25) is 0 Å². The fourth-order valence-electron chi connectivity index (χ4n) is 4.16. The summed E-state index contributed by atoms with van der Waals surface area (Å²) in [6, 6.07) is 14.0. The lowest BCUT2D eigenvalue weighted by Crippen LogP contribution is -2.26. The van der Waals surface area contributed by atoms with Crippen LogP contribution in [0, 0.1) is 5.82 Å². The number of ether oxygens (including phenoxy) is 2. The van der Waals surface area contributed by atoms with Gasteiger partial charge in [0, 0.05) is 37.7 Å². The molecule has 0 radical (unpaired) electrons. The molecule has 2 aromatic heterocycles. The minimum atomic E-state index is -4.83. The minimum absolute atomic E-state index is 0.0260. The summed E-state index contributed by atoms with van der Waals surface area (Å²) in [6.07, 6.45) is -1.67. The maximum absolute atomic E-state index is 14.7. The lowest BCUT2D eigenvalue weighted by molar-refractivity contribution is -0.138. The number of benzene rings is 2. The second kappa shape index (κ2) is 12.2. The Morgan fingerprint density at radius 1 is 1.00 bits per heavy atom. The van der Waals surface area contributed by atoms with Crippen molar-refractivity contribution in [2.75, 3.05) is 14.2 Å². The number of hydrogen-bond donors (Lipinski definition) is 1. The highest BCUT2D eigenvalue weighted by molar-refractivity contribution is 5.95. The second-order valence-corrected chi connectivity index (χ2v) is 8.89. The van der Waals surface area contributed by atoms with Crippen molar-refractivity contribution >= 4 is 5.91 Å². The molecule has 4 rings (SSSR count). The van der Waals surface area contributed by atoms with E-state index in [4.69, 9.17) is 9.47 Å². The van der Waals surface area contributed by atoms with Crippen molar-refractivity contribution in [1.82, 2.24) is 19.7 Å². The van der Waals surface area contributed by atoms with Crippen LogP contribution in [0.3, 0.4) is 0 Å². The lowest BCUT2D eigenvalue weighted by atomic mass is 10.1. The van der Waals surface area contributed by atoms with E-state index in [1.54, 1.807) is 22.9 Å². The van der Waals surface area contributed by atoms with Gasteiger partial charge in [0.05, 0.1) is 37.9 Å². The van der Waals surface area contributed by atoms with Crippen LogP contribution < -0.4 is 15.6 Å². The van der Waals surface area contributed by atoms with Crippen molar-refractivity contribution in [2.45, 2.75) is 32.4 Å². The van der Waals surface area contributed by atoms with Crippen LogP contribution in [-0.4, -0.2) is 34.5 Å². The summed E-state index contributed by atoms with van der Waals surface area (Å²) >= 11 is 0. The van der Waals surface area contributed by atoms with Crippen molar-refractivity contribution in [2.24, 2.45) is 0 Å². The number of hydrogen-bond acceptors (Lipinski definition) is 5. The number of alkyl halides is 3. The predicted molar refractivity (Wildman–Crippen MR) is 137 cm³/mol. The van der Waals surface area contributed by atoms with Crippen molar-refractivity contribution in [1.29, 1.82) is 0 Å². The van der Waals surface area contributed by atoms with Crippen molar-refractivity contribution < 1.29 is 31.8 Å². The number of carbonyl (C=O) groups excluding carboxylic acids is 1. The number of carbonyl (C=O) groups is 1. The molecular formula is C28H26F4N4O4. The summed E-state index contributed by atoms with van der Waals surface area (Å²) in [5.41, 5.74) is 0.0686. The summed E-state index contributed by atoms with van der Waals surface area (Å²) in [4.78, 5) is 24.9. The maximum Gasteiger partial charge on any atom is 0.416 e. The molecule has 0 atom stereocenters. The zero-order valence-electron chi connectivity index (χ0n) is 21.7. The van der Waals surface area contributed by atoms with Gasteiger partial charge in [-0.3, -0.25) is 14.3 Å². The zero-order chi connectivity index (χ0) is 28.9. The molecular weight excluding hydrogens is 532 g/mol. The number of rotatable bonds is 10. The fourth-order valence-corrected chi connectivity index (χ4v) is 4.16. The van der Waals surface area contributed by atoms with E-state index in [0.29, 0.717) is 12.6 Å². The molecule has 12 heteroatoms. The molecule has 0 saturated heterocycles. The Balaban J connectivity index is 1.50. The number of aromatic nitrogens is 3. The van der Waals surface area contributed by atoms with E-state index in [9.17, 15) is 27.2 Å². The normalized spacial score (nSPS) is 11.4. The Labute approximate surface area is 226 Å². The summed E-state index contributed by atoms with van der Waals surface area (Å²) in [7, 11) is 2.55. The summed E-state index contributed by atoms with van der Waals surface area (Å²) < 4.78 is 68.1. The topological polar surface area (TPSA) is 87.4 Å². The molecule has 40 heavy (non-hydrogen) atoms. The van der Waals surface area contributed by atoms with Crippen LogP contribution in [0.25, 0.3) is 0 Å². The molecule has 2 aromatic carbocycles. The first-order chi connectivity index (χ1) is 19.1. The predicted octanol–water partition coefficient (Wildman–Crippen LogP) is 4.38. The van der Waals surface area contributed by atoms with Gasteiger partial charge < -0.3 is 19.4 Å². The lowest BCUT2D eigenvalue weighted by Gasteiger charge is -2.16.